The lowest BCUT2D eigenvalue weighted by atomic mass is 10.2. The Hall–Kier alpha value is -2.67. The van der Waals surface area contributed by atoms with Gasteiger partial charge in [0, 0.05) is 29.8 Å². The fraction of sp³-hybridized carbons (Fsp3) is 0.188. The van der Waals surface area contributed by atoms with Crippen LogP contribution in [0.4, 0.5) is 0 Å². The van der Waals surface area contributed by atoms with E-state index < -0.39 is 0 Å². The van der Waals surface area contributed by atoms with Gasteiger partial charge < -0.3 is 14.7 Å². The summed E-state index contributed by atoms with van der Waals surface area (Å²) in [5.41, 5.74) is 2.09. The van der Waals surface area contributed by atoms with Crippen molar-refractivity contribution in [1.82, 2.24) is 15.3 Å². The minimum atomic E-state index is -0.190. The number of aryl methyl sites for hydroxylation is 1. The Morgan fingerprint density at radius 3 is 3.04 bits per heavy atom. The van der Waals surface area contributed by atoms with Gasteiger partial charge in [0.25, 0.3) is 0 Å². The summed E-state index contributed by atoms with van der Waals surface area (Å²) in [5.74, 6) is 0.997. The molecule has 0 aliphatic carbocycles. The number of oxazole rings is 1. The highest BCUT2D eigenvalue weighted by molar-refractivity contribution is 7.08. The van der Waals surface area contributed by atoms with E-state index in [2.05, 4.69) is 15.3 Å². The Balaban J connectivity index is 1.63. The molecule has 6 nitrogen and oxygen atoms in total. The van der Waals surface area contributed by atoms with Crippen molar-refractivity contribution in [3.8, 4) is 11.5 Å². The highest BCUT2D eigenvalue weighted by Gasteiger charge is 2.14. The number of aromatic nitrogens is 2. The van der Waals surface area contributed by atoms with Crippen molar-refractivity contribution in [3.05, 3.63) is 62.5 Å². The number of carbonyl (C=O) groups excluding carboxylic acids is 1. The van der Waals surface area contributed by atoms with Crippen molar-refractivity contribution in [3.63, 3.8) is 0 Å². The zero-order valence-electron chi connectivity index (χ0n) is 12.5. The van der Waals surface area contributed by atoms with Crippen LogP contribution in [0.2, 0.25) is 0 Å². The summed E-state index contributed by atoms with van der Waals surface area (Å²) < 4.78 is 5.61. The second-order valence-electron chi connectivity index (χ2n) is 5.05. The number of hydrogen-bond acceptors (Lipinski definition) is 5. The number of nitrogens with one attached hydrogen (secondary N) is 2. The third-order valence-electron chi connectivity index (χ3n) is 3.32. The van der Waals surface area contributed by atoms with Crippen molar-refractivity contribution in [1.29, 1.82) is 0 Å². The maximum atomic E-state index is 12.0. The molecule has 1 amide bonds. The van der Waals surface area contributed by atoms with Crippen LogP contribution in [-0.4, -0.2) is 15.9 Å². The molecule has 3 aromatic rings. The van der Waals surface area contributed by atoms with E-state index in [0.29, 0.717) is 23.9 Å². The monoisotopic (exact) mass is 329 g/mol. The molecular formula is C16H15N3O3S. The van der Waals surface area contributed by atoms with Gasteiger partial charge in [-0.05, 0) is 30.0 Å². The smallest absolute Gasteiger partial charge is 0.248 e. The lowest BCUT2D eigenvalue weighted by Gasteiger charge is -2.03. The van der Waals surface area contributed by atoms with Crippen LogP contribution in [0.3, 0.4) is 0 Å². The molecule has 0 aliphatic heterocycles. The van der Waals surface area contributed by atoms with Gasteiger partial charge in [0.05, 0.1) is 12.1 Å². The van der Waals surface area contributed by atoms with Crippen molar-refractivity contribution in [2.75, 3.05) is 0 Å². The van der Waals surface area contributed by atoms with Gasteiger partial charge in [-0.2, -0.15) is 11.3 Å². The molecule has 3 heterocycles. The third-order valence-corrected chi connectivity index (χ3v) is 4.00. The predicted molar refractivity (Wildman–Crippen MR) is 87.2 cm³/mol. The van der Waals surface area contributed by atoms with E-state index in [0.717, 1.165) is 11.1 Å². The summed E-state index contributed by atoms with van der Waals surface area (Å²) in [7, 11) is 0. The molecular weight excluding hydrogens is 314 g/mol. The van der Waals surface area contributed by atoms with E-state index >= 15 is 0 Å². The number of H-pyrrole nitrogens is 1. The molecule has 0 aliphatic rings. The summed E-state index contributed by atoms with van der Waals surface area (Å²) in [6.07, 6.45) is 1.70. The van der Waals surface area contributed by atoms with Gasteiger partial charge in [0.2, 0.25) is 17.4 Å². The quantitative estimate of drug-likeness (QED) is 0.751. The fourth-order valence-corrected chi connectivity index (χ4v) is 2.75. The largest absolute Gasteiger partial charge is 0.441 e. The molecule has 3 aromatic heterocycles. The zero-order valence-corrected chi connectivity index (χ0v) is 13.3. The second-order valence-corrected chi connectivity index (χ2v) is 5.83. The molecule has 23 heavy (non-hydrogen) atoms. The highest BCUT2D eigenvalue weighted by Crippen LogP contribution is 2.23. The minimum Gasteiger partial charge on any atom is -0.441 e. The van der Waals surface area contributed by atoms with Crippen molar-refractivity contribution >= 4 is 17.2 Å². The Bertz CT molecular complexity index is 865. The van der Waals surface area contributed by atoms with E-state index in [4.69, 9.17) is 4.42 Å². The number of pyridine rings is 1. The number of aromatic amines is 1. The topological polar surface area (TPSA) is 88.0 Å². The first-order chi connectivity index (χ1) is 11.1. The molecule has 0 spiro atoms. The molecule has 0 aromatic carbocycles. The molecule has 7 heteroatoms. The Kier molecular flexibility index (Phi) is 4.38. The fourth-order valence-electron chi connectivity index (χ4n) is 2.12. The number of thiophene rings is 1. The van der Waals surface area contributed by atoms with Gasteiger partial charge in [-0.15, -0.1) is 0 Å². The van der Waals surface area contributed by atoms with Crippen molar-refractivity contribution in [2.24, 2.45) is 0 Å². The van der Waals surface area contributed by atoms with E-state index in [1.165, 1.54) is 6.07 Å². The van der Waals surface area contributed by atoms with Crippen LogP contribution in [0, 0.1) is 6.92 Å². The summed E-state index contributed by atoms with van der Waals surface area (Å²) in [6.45, 7) is 2.10. The molecule has 2 N–H and O–H groups in total. The molecule has 0 bridgehead atoms. The molecule has 0 saturated heterocycles. The summed E-state index contributed by atoms with van der Waals surface area (Å²) in [6, 6.07) is 5.13. The molecule has 0 saturated carbocycles. The number of carbonyl (C=O) groups is 1. The summed E-state index contributed by atoms with van der Waals surface area (Å²) >= 11 is 1.56. The maximum absolute atomic E-state index is 12.0. The van der Waals surface area contributed by atoms with Crippen LogP contribution < -0.4 is 10.9 Å². The SMILES string of the molecule is Cc1oc(-c2ccsc2)nc1CC(=O)NCc1cc[nH]c(=O)c1. The van der Waals surface area contributed by atoms with Crippen LogP contribution in [-0.2, 0) is 17.8 Å². The lowest BCUT2D eigenvalue weighted by Crippen LogP contribution is -2.25. The van der Waals surface area contributed by atoms with Gasteiger partial charge in [-0.25, -0.2) is 4.98 Å². The van der Waals surface area contributed by atoms with E-state index in [1.807, 2.05) is 16.8 Å². The molecule has 3 rings (SSSR count). The normalized spacial score (nSPS) is 10.7. The van der Waals surface area contributed by atoms with E-state index in [1.54, 1.807) is 30.5 Å². The zero-order chi connectivity index (χ0) is 16.2. The first kappa shape index (κ1) is 15.2. The lowest BCUT2D eigenvalue weighted by molar-refractivity contribution is -0.120. The minimum absolute atomic E-state index is 0.142. The van der Waals surface area contributed by atoms with Crippen molar-refractivity contribution in [2.45, 2.75) is 19.9 Å². The first-order valence-corrected chi connectivity index (χ1v) is 7.99. The van der Waals surface area contributed by atoms with Crippen molar-refractivity contribution < 1.29 is 9.21 Å². The predicted octanol–water partition coefficient (Wildman–Crippen LogP) is 2.26. The van der Waals surface area contributed by atoms with Crippen LogP contribution in [0.1, 0.15) is 17.0 Å². The summed E-state index contributed by atoms with van der Waals surface area (Å²) in [5, 5.41) is 6.67. The van der Waals surface area contributed by atoms with Gasteiger partial charge in [-0.3, -0.25) is 9.59 Å². The van der Waals surface area contributed by atoms with Crippen LogP contribution >= 0.6 is 11.3 Å². The molecule has 0 radical (unpaired) electrons. The number of hydrogen-bond donors (Lipinski definition) is 2. The van der Waals surface area contributed by atoms with Gasteiger partial charge in [0.1, 0.15) is 5.76 Å². The average Bonchev–Trinajstić information content (AvgIpc) is 3.16. The maximum Gasteiger partial charge on any atom is 0.248 e. The molecule has 118 valence electrons. The van der Waals surface area contributed by atoms with Gasteiger partial charge in [0.15, 0.2) is 0 Å². The third kappa shape index (κ3) is 3.75. The standard InChI is InChI=1S/C16H15N3O3S/c1-10-13(19-16(22-10)12-3-5-23-9-12)7-15(21)18-8-11-2-4-17-14(20)6-11/h2-6,9H,7-8H2,1H3,(H,17,20)(H,18,21). The van der Waals surface area contributed by atoms with Gasteiger partial charge >= 0.3 is 0 Å². The van der Waals surface area contributed by atoms with E-state index in [-0.39, 0.29) is 17.9 Å². The number of nitrogens with zero attached hydrogens (tertiary/aromatic N) is 1. The van der Waals surface area contributed by atoms with Gasteiger partial charge in [-0.1, -0.05) is 0 Å². The van der Waals surface area contributed by atoms with Crippen LogP contribution in [0.25, 0.3) is 11.5 Å². The van der Waals surface area contributed by atoms with Crippen LogP contribution in [0.15, 0.2) is 44.4 Å². The Morgan fingerprint density at radius 2 is 2.30 bits per heavy atom. The van der Waals surface area contributed by atoms with Crippen LogP contribution in [0.5, 0.6) is 0 Å². The second kappa shape index (κ2) is 6.62. The molecule has 0 fully saturated rings. The first-order valence-electron chi connectivity index (χ1n) is 7.05. The number of rotatable bonds is 5. The molecule has 0 atom stereocenters. The summed E-state index contributed by atoms with van der Waals surface area (Å²) in [4.78, 5) is 30.2. The number of amides is 1. The Morgan fingerprint density at radius 1 is 1.43 bits per heavy atom. The van der Waals surface area contributed by atoms with E-state index in [9.17, 15) is 9.59 Å². The Labute approximate surface area is 136 Å². The highest BCUT2D eigenvalue weighted by atomic mass is 32.1. The molecule has 0 unspecified atom stereocenters. The average molecular weight is 329 g/mol.